The number of fused-ring (bicyclic) bond motifs is 1. The van der Waals surface area contributed by atoms with Gasteiger partial charge in [0.1, 0.15) is 34.9 Å². The molecule has 3 saturated heterocycles. The van der Waals surface area contributed by atoms with E-state index in [9.17, 15) is 42.8 Å². The number of anilines is 2. The minimum atomic E-state index is -4.64. The van der Waals surface area contributed by atoms with Crippen LogP contribution in [-0.4, -0.2) is 155 Å². The predicted molar refractivity (Wildman–Crippen MR) is 401 cm³/mol. The number of piperazine rings is 1. The van der Waals surface area contributed by atoms with Gasteiger partial charge in [0.05, 0.1) is 43.8 Å². The second-order valence-electron chi connectivity index (χ2n) is 29.8. The first-order valence-electron chi connectivity index (χ1n) is 35.9. The maximum absolute atomic E-state index is 14.2. The number of H-pyrrole nitrogens is 1. The number of benzene rings is 4. The quantitative estimate of drug-likeness (QED) is 0.0144. The van der Waals surface area contributed by atoms with E-state index in [0.717, 1.165) is 154 Å². The number of aryl methyl sites for hydroxylation is 1. The number of carbonyl (C=O) groups excluding carboxylic acids is 4. The number of nitro groups is 1. The van der Waals surface area contributed by atoms with Crippen molar-refractivity contribution in [3.8, 4) is 21.9 Å². The highest BCUT2D eigenvalue weighted by Gasteiger charge is 2.45. The zero-order valence-electron chi connectivity index (χ0n) is 59.4. The lowest BCUT2D eigenvalue weighted by Crippen LogP contribution is -2.57. The van der Waals surface area contributed by atoms with Crippen molar-refractivity contribution in [1.82, 2.24) is 45.0 Å². The minimum absolute atomic E-state index is 0.00631. The molecule has 1 aliphatic carbocycles. The first kappa shape index (κ1) is 74.9. The van der Waals surface area contributed by atoms with Crippen LogP contribution in [-0.2, 0) is 31.0 Å². The number of β-amino-alcohol motifs (C(OH)–C–C–N with tert-alkyl or cyclic N) is 1. The number of rotatable bonds is 29. The van der Waals surface area contributed by atoms with Crippen molar-refractivity contribution in [3.05, 3.63) is 158 Å². The number of sulfonamides is 1. The summed E-state index contributed by atoms with van der Waals surface area (Å²) in [7, 11) is -4.64. The molecule has 7 aromatic rings. The van der Waals surface area contributed by atoms with E-state index in [1.807, 2.05) is 75.7 Å². The molecular formula is C77H97ClN12O10S2. The van der Waals surface area contributed by atoms with Gasteiger partial charge >= 0.3 is 0 Å². The Kier molecular flexibility index (Phi) is 24.6. The second kappa shape index (κ2) is 33.5. The summed E-state index contributed by atoms with van der Waals surface area (Å²) in [5.74, 6) is -1.28. The standard InChI is InChI=1S/C77H97ClN12O10S2/c1-51-70(101-50-83-51)55-19-17-52(18-20-55)44-82-74(94)67-41-60(91)49-89(67)75(95)71(76(2,3)4)84-69(92)16-12-10-8-7-9-11-13-33-86-34-14-15-53(47-86)45-80-65-28-26-62(42-66(65)90(96)97)102(98,99)85-73(93)63-27-25-59(40-68(63)100-61-39-56-30-32-79-72(56)81-46-61)88-37-35-87(36-38-88)48-57-29-31-77(5,6)43-64(57)54-21-23-58(78)24-22-54/h17-28,30,32,39-40,42,46,50,53,60,67,71,80,91H,7-16,29,31,33-38,41,43-45,47-49H2,1-6H3,(H,79,81)(H,82,94)(H,84,92)(H,85,93)/t53?,60-,67+,71-/m1/s1. The van der Waals surface area contributed by atoms with Crippen molar-refractivity contribution in [2.45, 2.75) is 161 Å². The zero-order chi connectivity index (χ0) is 72.3. The number of unbranched alkanes of at least 4 members (excludes halogenated alkanes) is 6. The number of aliphatic hydroxyl groups is 1. The maximum atomic E-state index is 14.2. The largest absolute Gasteiger partial charge is 0.455 e. The van der Waals surface area contributed by atoms with Gasteiger partial charge in [0.15, 0.2) is 0 Å². The molecule has 22 nitrogen and oxygen atoms in total. The number of likely N-dealkylation sites (tertiary alicyclic amines) is 2. The molecule has 4 aromatic carbocycles. The molecule has 0 radical (unpaired) electrons. The van der Waals surface area contributed by atoms with Gasteiger partial charge in [0.2, 0.25) is 17.7 Å². The molecule has 0 spiro atoms. The predicted octanol–water partition coefficient (Wildman–Crippen LogP) is 13.3. The van der Waals surface area contributed by atoms with Gasteiger partial charge in [-0.2, -0.15) is 0 Å². The Morgan fingerprint density at radius 1 is 0.873 bits per heavy atom. The molecule has 0 saturated carbocycles. The molecule has 0 bridgehead atoms. The van der Waals surface area contributed by atoms with E-state index in [2.05, 4.69) is 76.3 Å². The molecule has 3 fully saturated rings. The number of carbonyl (C=O) groups is 4. The molecule has 11 rings (SSSR count). The third-order valence-corrected chi connectivity index (χ3v) is 22.9. The number of amides is 4. The second-order valence-corrected chi connectivity index (χ2v) is 32.8. The van der Waals surface area contributed by atoms with Crippen LogP contribution < -0.4 is 30.3 Å². The molecule has 102 heavy (non-hydrogen) atoms. The van der Waals surface area contributed by atoms with Gasteiger partial charge in [-0.15, -0.1) is 11.3 Å². The third kappa shape index (κ3) is 19.5. The summed E-state index contributed by atoms with van der Waals surface area (Å²) in [6.45, 7) is 19.6. The highest BCUT2D eigenvalue weighted by Crippen LogP contribution is 2.44. The molecule has 4 amide bonds. The number of pyridine rings is 1. The van der Waals surface area contributed by atoms with Crippen LogP contribution in [0, 0.1) is 33.8 Å². The Morgan fingerprint density at radius 2 is 1.61 bits per heavy atom. The lowest BCUT2D eigenvalue weighted by atomic mass is 9.72. The number of hydrogen-bond acceptors (Lipinski definition) is 17. The molecular weight excluding hydrogens is 1350 g/mol. The molecule has 3 aliphatic heterocycles. The van der Waals surface area contributed by atoms with Crippen molar-refractivity contribution >= 4 is 90.3 Å². The number of halogens is 1. The topological polar surface area (TPSA) is 278 Å². The number of aromatic amines is 1. The lowest BCUT2D eigenvalue weighted by molar-refractivity contribution is -0.384. The number of hydrogen-bond donors (Lipinski definition) is 6. The van der Waals surface area contributed by atoms with Crippen LogP contribution in [0.2, 0.25) is 5.02 Å². The van der Waals surface area contributed by atoms with Crippen LogP contribution in [0.5, 0.6) is 11.5 Å². The normalized spacial score (nSPS) is 18.6. The van der Waals surface area contributed by atoms with E-state index in [4.69, 9.17) is 16.3 Å². The van der Waals surface area contributed by atoms with Gasteiger partial charge in [-0.1, -0.05) is 120 Å². The number of nitrogens with one attached hydrogen (secondary N) is 5. The molecule has 3 aromatic heterocycles. The number of thiazole rings is 1. The fourth-order valence-corrected chi connectivity index (χ4v) is 16.4. The van der Waals surface area contributed by atoms with Gasteiger partial charge in [-0.3, -0.25) is 34.2 Å². The van der Waals surface area contributed by atoms with Crippen molar-refractivity contribution in [1.29, 1.82) is 0 Å². The average Bonchev–Trinajstić information content (AvgIpc) is 1.22. The molecule has 4 aliphatic rings. The Bertz CT molecular complexity index is 4260. The summed E-state index contributed by atoms with van der Waals surface area (Å²) < 4.78 is 36.7. The maximum Gasteiger partial charge on any atom is 0.293 e. The van der Waals surface area contributed by atoms with E-state index in [1.54, 1.807) is 41.8 Å². The molecule has 6 heterocycles. The third-order valence-electron chi connectivity index (χ3n) is 20.3. The number of ether oxygens (including phenoxy) is 1. The molecule has 1 unspecified atom stereocenters. The van der Waals surface area contributed by atoms with E-state index in [1.165, 1.54) is 39.9 Å². The molecule has 4 atom stereocenters. The van der Waals surface area contributed by atoms with Gasteiger partial charge in [-0.05, 0) is 153 Å². The highest BCUT2D eigenvalue weighted by atomic mass is 35.5. The van der Waals surface area contributed by atoms with E-state index < -0.39 is 55.0 Å². The average molecular weight is 1450 g/mol. The number of nitro benzene ring substituents is 1. The molecule has 6 N–H and O–H groups in total. The number of aliphatic hydroxyl groups excluding tert-OH is 1. The summed E-state index contributed by atoms with van der Waals surface area (Å²) in [5, 5.41) is 34.0. The number of aromatic nitrogens is 3. The molecule has 544 valence electrons. The van der Waals surface area contributed by atoms with Gasteiger partial charge < -0.3 is 45.5 Å². The van der Waals surface area contributed by atoms with Crippen molar-refractivity contribution in [2.75, 3.05) is 75.7 Å². The minimum Gasteiger partial charge on any atom is -0.455 e. The first-order chi connectivity index (χ1) is 48.8. The summed E-state index contributed by atoms with van der Waals surface area (Å²) in [6, 6.07) is 26.6. The van der Waals surface area contributed by atoms with Gasteiger partial charge in [0.25, 0.3) is 21.6 Å². The molecule has 25 heteroatoms. The summed E-state index contributed by atoms with van der Waals surface area (Å²) in [6.07, 6.45) is 14.5. The summed E-state index contributed by atoms with van der Waals surface area (Å²) in [4.78, 5) is 88.4. The van der Waals surface area contributed by atoms with Crippen LogP contribution in [0.3, 0.4) is 0 Å². The van der Waals surface area contributed by atoms with Gasteiger partial charge in [0, 0.05) is 106 Å². The van der Waals surface area contributed by atoms with Crippen molar-refractivity contribution < 1.29 is 42.4 Å². The summed E-state index contributed by atoms with van der Waals surface area (Å²) in [5.41, 5.74) is 9.48. The van der Waals surface area contributed by atoms with Gasteiger partial charge in [-0.25, -0.2) is 23.1 Å². The monoisotopic (exact) mass is 1450 g/mol. The highest BCUT2D eigenvalue weighted by molar-refractivity contribution is 7.90. The Hall–Kier alpha value is -8.26. The van der Waals surface area contributed by atoms with Crippen LogP contribution in [0.25, 0.3) is 27.0 Å². The van der Waals surface area contributed by atoms with Crippen LogP contribution >= 0.6 is 22.9 Å². The Labute approximate surface area is 607 Å². The smallest absolute Gasteiger partial charge is 0.293 e. The number of allylic oxidation sites excluding steroid dienone is 1. The van der Waals surface area contributed by atoms with Crippen LogP contribution in [0.1, 0.15) is 152 Å². The van der Waals surface area contributed by atoms with E-state index >= 15 is 0 Å². The lowest BCUT2D eigenvalue weighted by Gasteiger charge is -2.39. The summed E-state index contributed by atoms with van der Waals surface area (Å²) >= 11 is 7.86. The Morgan fingerprint density at radius 3 is 2.33 bits per heavy atom. The first-order valence-corrected chi connectivity index (χ1v) is 38.6. The number of nitrogens with zero attached hydrogens (tertiary/aromatic N) is 7. The van der Waals surface area contributed by atoms with E-state index in [0.29, 0.717) is 37.5 Å². The fraction of sp³-hybridized carbons (Fsp3) is 0.481. The van der Waals surface area contributed by atoms with Crippen molar-refractivity contribution in [3.63, 3.8) is 0 Å². The van der Waals surface area contributed by atoms with Crippen molar-refractivity contribution in [2.24, 2.45) is 16.7 Å². The fourth-order valence-electron chi connectivity index (χ4n) is 14.5. The zero-order valence-corrected chi connectivity index (χ0v) is 61.8. The Balaban J connectivity index is 0.613. The SMILES string of the molecule is Cc1ncsc1-c1ccc(CNC(=O)[C@@H]2C[C@@H](O)CN2C(=O)[C@@H](NC(=O)CCCCCCCCCN2CCCC(CNc3ccc(S(=O)(=O)NC(=O)c4ccc(N5CCN(CC6=C(c7ccc(Cl)cc7)CC(C)(C)CC6)CC5)cc4Oc4cnc5[nH]ccc5c4)cc3[N+](=O)[O-])C2)C(C)(C)C)cc1. The van der Waals surface area contributed by atoms with E-state index in [-0.39, 0.29) is 72.0 Å². The van der Waals surface area contributed by atoms with Crippen LogP contribution in [0.4, 0.5) is 17.1 Å². The van der Waals surface area contributed by atoms with Crippen LogP contribution in [0.15, 0.2) is 125 Å². The number of piperidine rings is 1.